The maximum Gasteiger partial charge on any atom is 0.334 e. The third kappa shape index (κ3) is 12.7. The van der Waals surface area contributed by atoms with E-state index in [1.165, 1.54) is 6.08 Å². The lowest BCUT2D eigenvalue weighted by Crippen LogP contribution is -2.47. The average molecular weight is 531 g/mol. The predicted molar refractivity (Wildman–Crippen MR) is 156 cm³/mol. The molecule has 0 aliphatic rings. The molecule has 0 fully saturated rings. The standard InChI is InChI=1S/C31H50O5Si/c1-23(2)22-27(36-37(10,11)31(7,8)9)29(33)34-26(18-15-19-28(32)35-30(4,5)6)24(3)20-21-25-16-13-12-14-17-25/h12-17,19-21,23-24,26-27H,18,22H2,1-11H3/b19-15+,21-20+/t24-,26+,27+/m1/s1. The maximum absolute atomic E-state index is 13.5. The summed E-state index contributed by atoms with van der Waals surface area (Å²) >= 11 is 0. The Morgan fingerprint density at radius 2 is 1.57 bits per heavy atom. The highest BCUT2D eigenvalue weighted by molar-refractivity contribution is 6.74. The van der Waals surface area contributed by atoms with Crippen LogP contribution in [0.1, 0.15) is 80.7 Å². The van der Waals surface area contributed by atoms with E-state index < -0.39 is 32.1 Å². The maximum atomic E-state index is 13.5. The lowest BCUT2D eigenvalue weighted by molar-refractivity contribution is -0.160. The number of rotatable bonds is 12. The fourth-order valence-corrected chi connectivity index (χ4v) is 4.59. The Morgan fingerprint density at radius 1 is 0.973 bits per heavy atom. The zero-order valence-corrected chi connectivity index (χ0v) is 26.0. The first-order valence-corrected chi connectivity index (χ1v) is 16.3. The molecule has 0 aliphatic heterocycles. The van der Waals surface area contributed by atoms with E-state index in [1.54, 1.807) is 6.08 Å². The second-order valence-electron chi connectivity index (χ2n) is 12.8. The van der Waals surface area contributed by atoms with Gasteiger partial charge in [-0.15, -0.1) is 0 Å². The van der Waals surface area contributed by atoms with Gasteiger partial charge in [0.05, 0.1) is 0 Å². The molecule has 0 aromatic heterocycles. The van der Waals surface area contributed by atoms with Crippen LogP contribution < -0.4 is 0 Å². The number of ether oxygens (including phenoxy) is 2. The quantitative estimate of drug-likeness (QED) is 0.156. The molecule has 0 spiro atoms. The smallest absolute Gasteiger partial charge is 0.334 e. The van der Waals surface area contributed by atoms with Gasteiger partial charge in [-0.3, -0.25) is 0 Å². The summed E-state index contributed by atoms with van der Waals surface area (Å²) in [7, 11) is -2.19. The van der Waals surface area contributed by atoms with Gasteiger partial charge in [0, 0.05) is 18.4 Å². The van der Waals surface area contributed by atoms with Gasteiger partial charge in [-0.1, -0.05) is 90.1 Å². The second kappa shape index (κ2) is 14.1. The van der Waals surface area contributed by atoms with E-state index in [4.69, 9.17) is 13.9 Å². The number of carbonyl (C=O) groups excluding carboxylic acids is 2. The molecule has 0 bridgehead atoms. The second-order valence-corrected chi connectivity index (χ2v) is 17.5. The molecule has 0 aliphatic carbocycles. The van der Waals surface area contributed by atoms with Crippen molar-refractivity contribution in [3.8, 4) is 0 Å². The number of hydrogen-bond acceptors (Lipinski definition) is 5. The van der Waals surface area contributed by atoms with Crippen LogP contribution in [-0.2, 0) is 23.5 Å². The van der Waals surface area contributed by atoms with Gasteiger partial charge in [-0.2, -0.15) is 0 Å². The molecule has 1 aromatic rings. The number of carbonyl (C=O) groups is 2. The molecule has 0 amide bonds. The largest absolute Gasteiger partial charge is 0.460 e. The van der Waals surface area contributed by atoms with Gasteiger partial charge in [0.25, 0.3) is 0 Å². The molecule has 0 heterocycles. The summed E-state index contributed by atoms with van der Waals surface area (Å²) in [5, 5.41) is -0.0240. The molecule has 208 valence electrons. The number of hydrogen-bond donors (Lipinski definition) is 0. The van der Waals surface area contributed by atoms with Crippen molar-refractivity contribution >= 4 is 26.3 Å². The van der Waals surface area contributed by atoms with Crippen LogP contribution in [0.3, 0.4) is 0 Å². The van der Waals surface area contributed by atoms with Gasteiger partial charge >= 0.3 is 11.9 Å². The Kier molecular flexibility index (Phi) is 12.5. The van der Waals surface area contributed by atoms with E-state index in [1.807, 2.05) is 70.2 Å². The van der Waals surface area contributed by atoms with Crippen molar-refractivity contribution in [1.82, 2.24) is 0 Å². The van der Waals surface area contributed by atoms with Gasteiger partial charge in [0.2, 0.25) is 0 Å². The summed E-state index contributed by atoms with van der Waals surface area (Å²) in [6, 6.07) is 10.0. The van der Waals surface area contributed by atoms with Crippen molar-refractivity contribution in [2.75, 3.05) is 0 Å². The Bertz CT molecular complexity index is 904. The van der Waals surface area contributed by atoms with Crippen LogP contribution >= 0.6 is 0 Å². The zero-order valence-electron chi connectivity index (χ0n) is 25.0. The van der Waals surface area contributed by atoms with E-state index in [-0.39, 0.29) is 22.8 Å². The fourth-order valence-electron chi connectivity index (χ4n) is 3.33. The minimum Gasteiger partial charge on any atom is -0.460 e. The highest BCUT2D eigenvalue weighted by atomic mass is 28.4. The SMILES string of the molecule is CC(C)C[C@H](O[Si](C)(C)C(C)(C)C)C(=O)O[C@@H](C/C=C/C(=O)OC(C)(C)C)[C@H](C)/C=C/c1ccccc1. The van der Waals surface area contributed by atoms with E-state index >= 15 is 0 Å². The minimum absolute atomic E-state index is 0.0240. The molecule has 0 radical (unpaired) electrons. The molecular weight excluding hydrogens is 480 g/mol. The number of benzene rings is 1. The Hall–Kier alpha value is -2.18. The highest BCUT2D eigenvalue weighted by Gasteiger charge is 2.41. The Morgan fingerprint density at radius 3 is 2.08 bits per heavy atom. The lowest BCUT2D eigenvalue weighted by atomic mass is 9.99. The van der Waals surface area contributed by atoms with Gasteiger partial charge in [-0.05, 0) is 56.8 Å². The summed E-state index contributed by atoms with van der Waals surface area (Å²) in [6.07, 6.45) is 7.12. The van der Waals surface area contributed by atoms with Gasteiger partial charge in [-0.25, -0.2) is 9.59 Å². The van der Waals surface area contributed by atoms with Gasteiger partial charge in [0.15, 0.2) is 8.32 Å². The third-order valence-electron chi connectivity index (χ3n) is 6.47. The van der Waals surface area contributed by atoms with Crippen LogP contribution in [-0.4, -0.2) is 38.1 Å². The van der Waals surface area contributed by atoms with Crippen LogP contribution in [0.5, 0.6) is 0 Å². The van der Waals surface area contributed by atoms with Crippen LogP contribution in [0.15, 0.2) is 48.6 Å². The molecule has 5 nitrogen and oxygen atoms in total. The van der Waals surface area contributed by atoms with Gasteiger partial charge < -0.3 is 13.9 Å². The zero-order chi connectivity index (χ0) is 28.4. The van der Waals surface area contributed by atoms with Crippen molar-refractivity contribution in [2.45, 2.75) is 111 Å². The topological polar surface area (TPSA) is 61.8 Å². The van der Waals surface area contributed by atoms with E-state index in [0.29, 0.717) is 12.8 Å². The number of esters is 2. The van der Waals surface area contributed by atoms with E-state index in [9.17, 15) is 9.59 Å². The normalized spacial score (nSPS) is 15.7. The van der Waals surface area contributed by atoms with Crippen molar-refractivity contribution in [1.29, 1.82) is 0 Å². The van der Waals surface area contributed by atoms with E-state index in [2.05, 4.69) is 47.7 Å². The molecule has 0 saturated carbocycles. The van der Waals surface area contributed by atoms with Crippen molar-refractivity contribution in [3.63, 3.8) is 0 Å². The van der Waals surface area contributed by atoms with Crippen LogP contribution in [0.25, 0.3) is 6.08 Å². The predicted octanol–water partition coefficient (Wildman–Crippen LogP) is 7.97. The summed E-state index contributed by atoms with van der Waals surface area (Å²) < 4.78 is 18.0. The van der Waals surface area contributed by atoms with Crippen LogP contribution in [0, 0.1) is 11.8 Å². The van der Waals surface area contributed by atoms with Crippen molar-refractivity contribution in [3.05, 3.63) is 54.1 Å². The molecule has 0 saturated heterocycles. The van der Waals surface area contributed by atoms with Crippen molar-refractivity contribution in [2.24, 2.45) is 11.8 Å². The summed E-state index contributed by atoms with van der Waals surface area (Å²) in [4.78, 5) is 25.7. The Labute approximate surface area is 226 Å². The first-order chi connectivity index (χ1) is 16.9. The third-order valence-corrected chi connectivity index (χ3v) is 11.0. The monoisotopic (exact) mass is 530 g/mol. The molecule has 0 N–H and O–H groups in total. The molecule has 37 heavy (non-hydrogen) atoms. The first kappa shape index (κ1) is 32.8. The molecule has 0 unspecified atom stereocenters. The highest BCUT2D eigenvalue weighted by Crippen LogP contribution is 2.38. The summed E-state index contributed by atoms with van der Waals surface area (Å²) in [6.45, 7) is 22.5. The summed E-state index contributed by atoms with van der Waals surface area (Å²) in [5.41, 5.74) is 0.507. The molecule has 1 aromatic carbocycles. The lowest BCUT2D eigenvalue weighted by Gasteiger charge is -2.39. The van der Waals surface area contributed by atoms with E-state index in [0.717, 1.165) is 5.56 Å². The summed E-state index contributed by atoms with van der Waals surface area (Å²) in [5.74, 6) is -0.554. The molecule has 1 rings (SSSR count). The molecule has 3 atom stereocenters. The Balaban J connectivity index is 3.13. The van der Waals surface area contributed by atoms with Crippen molar-refractivity contribution < 1.29 is 23.5 Å². The molecule has 6 heteroatoms. The first-order valence-electron chi connectivity index (χ1n) is 13.4. The fraction of sp³-hybridized carbons (Fsp3) is 0.613. The van der Waals surface area contributed by atoms with Gasteiger partial charge in [0.1, 0.15) is 17.8 Å². The average Bonchev–Trinajstić information content (AvgIpc) is 2.74. The van der Waals surface area contributed by atoms with Crippen LogP contribution in [0.2, 0.25) is 18.1 Å². The molecular formula is C31H50O5Si. The van der Waals surface area contributed by atoms with Crippen LogP contribution in [0.4, 0.5) is 0 Å². The minimum atomic E-state index is -2.19.